The fourth-order valence-corrected chi connectivity index (χ4v) is 3.28. The van der Waals surface area contributed by atoms with E-state index in [1.165, 1.54) is 51.0 Å². The van der Waals surface area contributed by atoms with E-state index >= 15 is 0 Å². The van der Waals surface area contributed by atoms with Crippen LogP contribution in [-0.2, 0) is 0 Å². The molecule has 2 nitrogen and oxygen atoms in total. The minimum absolute atomic E-state index is 0.827. The molecule has 0 amide bonds. The Morgan fingerprint density at radius 3 is 2.63 bits per heavy atom. The Balaban J connectivity index is 1.45. The maximum absolute atomic E-state index is 2.70. The Morgan fingerprint density at radius 2 is 1.84 bits per heavy atom. The van der Waals surface area contributed by atoms with Crippen molar-refractivity contribution >= 4 is 6.08 Å². The molecule has 19 heavy (non-hydrogen) atoms. The largest absolute Gasteiger partial charge is 0.299 e. The van der Waals surface area contributed by atoms with Crippen molar-refractivity contribution in [2.75, 3.05) is 32.7 Å². The molecule has 0 radical (unpaired) electrons. The number of rotatable bonds is 4. The van der Waals surface area contributed by atoms with E-state index in [-0.39, 0.29) is 0 Å². The SMILES string of the molecule is C(=C\c1ccccc1)/CN1CCC(N2CCCC2)C1. The monoisotopic (exact) mass is 256 g/mol. The van der Waals surface area contributed by atoms with Crippen LogP contribution in [-0.4, -0.2) is 48.6 Å². The van der Waals surface area contributed by atoms with Crippen LogP contribution in [0.5, 0.6) is 0 Å². The molecule has 1 aromatic carbocycles. The highest BCUT2D eigenvalue weighted by molar-refractivity contribution is 5.48. The molecule has 2 aliphatic rings. The van der Waals surface area contributed by atoms with Crippen LogP contribution in [0.3, 0.4) is 0 Å². The number of nitrogens with zero attached hydrogens (tertiary/aromatic N) is 2. The van der Waals surface area contributed by atoms with Crippen LogP contribution in [0.4, 0.5) is 0 Å². The molecular weight excluding hydrogens is 232 g/mol. The van der Waals surface area contributed by atoms with Gasteiger partial charge in [0.2, 0.25) is 0 Å². The molecule has 2 fully saturated rings. The van der Waals surface area contributed by atoms with Gasteiger partial charge in [0.25, 0.3) is 0 Å². The first-order valence-electron chi connectivity index (χ1n) is 7.60. The number of hydrogen-bond acceptors (Lipinski definition) is 2. The molecule has 0 aromatic heterocycles. The van der Waals surface area contributed by atoms with Gasteiger partial charge in [-0.25, -0.2) is 0 Å². The van der Waals surface area contributed by atoms with Crippen molar-refractivity contribution in [2.45, 2.75) is 25.3 Å². The molecule has 102 valence electrons. The van der Waals surface area contributed by atoms with Gasteiger partial charge in [-0.05, 0) is 37.9 Å². The van der Waals surface area contributed by atoms with Crippen molar-refractivity contribution in [3.8, 4) is 0 Å². The highest BCUT2D eigenvalue weighted by atomic mass is 15.3. The molecule has 0 saturated carbocycles. The molecular formula is C17H24N2. The lowest BCUT2D eigenvalue weighted by Crippen LogP contribution is -2.35. The van der Waals surface area contributed by atoms with Crippen molar-refractivity contribution in [1.29, 1.82) is 0 Å². The van der Waals surface area contributed by atoms with Gasteiger partial charge in [-0.1, -0.05) is 42.5 Å². The second-order valence-electron chi connectivity index (χ2n) is 5.76. The highest BCUT2D eigenvalue weighted by Gasteiger charge is 2.28. The molecule has 0 spiro atoms. The second kappa shape index (κ2) is 6.36. The molecule has 3 rings (SSSR count). The van der Waals surface area contributed by atoms with Crippen molar-refractivity contribution < 1.29 is 0 Å². The van der Waals surface area contributed by atoms with Gasteiger partial charge >= 0.3 is 0 Å². The molecule has 0 aliphatic carbocycles. The third-order valence-corrected chi connectivity index (χ3v) is 4.38. The zero-order valence-corrected chi connectivity index (χ0v) is 11.7. The summed E-state index contributed by atoms with van der Waals surface area (Å²) in [6.07, 6.45) is 8.72. The molecule has 2 heteroatoms. The maximum Gasteiger partial charge on any atom is 0.0235 e. The molecule has 2 saturated heterocycles. The Hall–Kier alpha value is -1.12. The Kier molecular flexibility index (Phi) is 4.31. The first-order valence-corrected chi connectivity index (χ1v) is 7.60. The standard InChI is InChI=1S/C17H24N2/c1-2-7-16(8-3-1)9-6-11-18-14-10-17(15-18)19-12-4-5-13-19/h1-3,6-9,17H,4-5,10-15H2/b9-6+. The second-order valence-corrected chi connectivity index (χ2v) is 5.76. The van der Waals surface area contributed by atoms with E-state index < -0.39 is 0 Å². The smallest absolute Gasteiger partial charge is 0.0235 e. The third kappa shape index (κ3) is 3.46. The molecule has 2 heterocycles. The molecule has 1 unspecified atom stereocenters. The van der Waals surface area contributed by atoms with Crippen LogP contribution in [0.15, 0.2) is 36.4 Å². The quantitative estimate of drug-likeness (QED) is 0.817. The fraction of sp³-hybridized carbons (Fsp3) is 0.529. The molecule has 2 aliphatic heterocycles. The summed E-state index contributed by atoms with van der Waals surface area (Å²) in [4.78, 5) is 5.28. The van der Waals surface area contributed by atoms with Crippen LogP contribution in [0.1, 0.15) is 24.8 Å². The van der Waals surface area contributed by atoms with Crippen molar-refractivity contribution in [3.05, 3.63) is 42.0 Å². The third-order valence-electron chi connectivity index (χ3n) is 4.38. The average molecular weight is 256 g/mol. The normalized spacial score (nSPS) is 25.6. The molecule has 0 bridgehead atoms. The molecule has 0 N–H and O–H groups in total. The van der Waals surface area contributed by atoms with E-state index in [2.05, 4.69) is 52.3 Å². The fourth-order valence-electron chi connectivity index (χ4n) is 3.28. The van der Waals surface area contributed by atoms with E-state index in [4.69, 9.17) is 0 Å². The van der Waals surface area contributed by atoms with Crippen LogP contribution < -0.4 is 0 Å². The van der Waals surface area contributed by atoms with Gasteiger partial charge in [0.05, 0.1) is 0 Å². The van der Waals surface area contributed by atoms with E-state index in [9.17, 15) is 0 Å². The lowest BCUT2D eigenvalue weighted by Gasteiger charge is -2.23. The lowest BCUT2D eigenvalue weighted by atomic mass is 10.2. The summed E-state index contributed by atoms with van der Waals surface area (Å²) in [5, 5.41) is 0. The first-order chi connectivity index (χ1) is 9.42. The minimum atomic E-state index is 0.827. The van der Waals surface area contributed by atoms with E-state index in [1.807, 2.05) is 0 Å². The number of benzene rings is 1. The van der Waals surface area contributed by atoms with Crippen molar-refractivity contribution in [1.82, 2.24) is 9.80 Å². The summed E-state index contributed by atoms with van der Waals surface area (Å²) in [5.41, 5.74) is 1.30. The van der Waals surface area contributed by atoms with Crippen LogP contribution in [0.2, 0.25) is 0 Å². The van der Waals surface area contributed by atoms with Crippen LogP contribution in [0, 0.1) is 0 Å². The van der Waals surface area contributed by atoms with Crippen LogP contribution >= 0.6 is 0 Å². The molecule has 1 aromatic rings. The van der Waals surface area contributed by atoms with Gasteiger partial charge < -0.3 is 0 Å². The van der Waals surface area contributed by atoms with E-state index in [1.54, 1.807) is 0 Å². The van der Waals surface area contributed by atoms with Gasteiger partial charge in [-0.2, -0.15) is 0 Å². The summed E-state index contributed by atoms with van der Waals surface area (Å²) in [5.74, 6) is 0. The first kappa shape index (κ1) is 12.9. The predicted molar refractivity (Wildman–Crippen MR) is 81.1 cm³/mol. The summed E-state index contributed by atoms with van der Waals surface area (Å²) >= 11 is 0. The van der Waals surface area contributed by atoms with Gasteiger partial charge in [0.15, 0.2) is 0 Å². The average Bonchev–Trinajstić information content (AvgIpc) is 3.10. The summed E-state index contributed by atoms with van der Waals surface area (Å²) in [6, 6.07) is 11.4. The van der Waals surface area contributed by atoms with Gasteiger partial charge in [0, 0.05) is 25.7 Å². The van der Waals surface area contributed by atoms with Gasteiger partial charge in [0.1, 0.15) is 0 Å². The zero-order valence-electron chi connectivity index (χ0n) is 11.7. The predicted octanol–water partition coefficient (Wildman–Crippen LogP) is 2.87. The Bertz CT molecular complexity index is 407. The summed E-state index contributed by atoms with van der Waals surface area (Å²) in [6.45, 7) is 6.29. The highest BCUT2D eigenvalue weighted by Crippen LogP contribution is 2.20. The summed E-state index contributed by atoms with van der Waals surface area (Å²) < 4.78 is 0. The Morgan fingerprint density at radius 1 is 1.05 bits per heavy atom. The van der Waals surface area contributed by atoms with Gasteiger partial charge in [-0.3, -0.25) is 9.80 Å². The number of hydrogen-bond donors (Lipinski definition) is 0. The molecule has 1 atom stereocenters. The van der Waals surface area contributed by atoms with Crippen molar-refractivity contribution in [3.63, 3.8) is 0 Å². The topological polar surface area (TPSA) is 6.48 Å². The van der Waals surface area contributed by atoms with E-state index in [0.29, 0.717) is 0 Å². The van der Waals surface area contributed by atoms with E-state index in [0.717, 1.165) is 12.6 Å². The van der Waals surface area contributed by atoms with Crippen molar-refractivity contribution in [2.24, 2.45) is 0 Å². The Labute approximate surface area is 116 Å². The lowest BCUT2D eigenvalue weighted by molar-refractivity contribution is 0.238. The van der Waals surface area contributed by atoms with Gasteiger partial charge in [-0.15, -0.1) is 0 Å². The van der Waals surface area contributed by atoms with Crippen LogP contribution in [0.25, 0.3) is 6.08 Å². The minimum Gasteiger partial charge on any atom is -0.299 e. The maximum atomic E-state index is 2.70. The summed E-state index contributed by atoms with van der Waals surface area (Å²) in [7, 11) is 0. The zero-order chi connectivity index (χ0) is 12.9. The number of likely N-dealkylation sites (tertiary alicyclic amines) is 2.